The fraction of sp³-hybridized carbons (Fsp3) is 0.500. The van der Waals surface area contributed by atoms with Crippen molar-refractivity contribution in [2.45, 2.75) is 20.3 Å². The van der Waals surface area contributed by atoms with Crippen LogP contribution in [0.5, 0.6) is 0 Å². The summed E-state index contributed by atoms with van der Waals surface area (Å²) >= 11 is 3.38. The monoisotopic (exact) mass is 334 g/mol. The molecule has 0 aliphatic heterocycles. The van der Waals surface area contributed by atoms with Crippen LogP contribution >= 0.6 is 15.9 Å². The van der Waals surface area contributed by atoms with Gasteiger partial charge in [0, 0.05) is 16.7 Å². The molecule has 0 bridgehead atoms. The third-order valence-electron chi connectivity index (χ3n) is 2.41. The van der Waals surface area contributed by atoms with Gasteiger partial charge in [-0.25, -0.2) is 8.42 Å². The van der Waals surface area contributed by atoms with E-state index in [1.165, 1.54) is 0 Å². The third kappa shape index (κ3) is 5.37. The van der Waals surface area contributed by atoms with Gasteiger partial charge in [0.2, 0.25) is 10.0 Å². The van der Waals surface area contributed by atoms with Gasteiger partial charge >= 0.3 is 0 Å². The highest BCUT2D eigenvalue weighted by Crippen LogP contribution is 2.20. The van der Waals surface area contributed by atoms with E-state index in [1.54, 1.807) is 12.1 Å². The fourth-order valence-corrected chi connectivity index (χ4v) is 2.69. The quantitative estimate of drug-likeness (QED) is 0.753. The molecule has 1 aromatic carbocycles. The van der Waals surface area contributed by atoms with E-state index in [4.69, 9.17) is 0 Å². The van der Waals surface area contributed by atoms with Gasteiger partial charge in [-0.05, 0) is 43.7 Å². The first kappa shape index (κ1) is 15.5. The van der Waals surface area contributed by atoms with E-state index in [0.717, 1.165) is 23.0 Å². The normalized spacial score (nSPS) is 11.5. The number of sulfonamides is 1. The Balaban J connectivity index is 2.56. The van der Waals surface area contributed by atoms with E-state index in [-0.39, 0.29) is 5.75 Å². The van der Waals surface area contributed by atoms with Crippen LogP contribution in [0.25, 0.3) is 0 Å². The molecule has 2 N–H and O–H groups in total. The first-order valence-corrected chi connectivity index (χ1v) is 8.36. The molecule has 0 unspecified atom stereocenters. The molecule has 0 aliphatic rings. The molecule has 0 radical (unpaired) electrons. The second-order valence-electron chi connectivity index (χ2n) is 4.13. The molecular formula is C12H19BrN2O2S. The van der Waals surface area contributed by atoms with Crippen molar-refractivity contribution in [3.63, 3.8) is 0 Å². The minimum absolute atomic E-state index is 0.0854. The SMILES string of the molecule is CCCNCCS(=O)(=O)Nc1ccc(Br)c(C)c1. The predicted molar refractivity (Wildman–Crippen MR) is 79.4 cm³/mol. The molecule has 4 nitrogen and oxygen atoms in total. The maximum Gasteiger partial charge on any atom is 0.233 e. The fourth-order valence-electron chi connectivity index (χ4n) is 1.45. The molecule has 102 valence electrons. The van der Waals surface area contributed by atoms with Crippen molar-refractivity contribution in [3.8, 4) is 0 Å². The summed E-state index contributed by atoms with van der Waals surface area (Å²) in [5, 5.41) is 3.07. The van der Waals surface area contributed by atoms with Crippen LogP contribution in [0, 0.1) is 6.92 Å². The number of halogens is 1. The zero-order valence-electron chi connectivity index (χ0n) is 10.7. The van der Waals surface area contributed by atoms with Crippen molar-refractivity contribution >= 4 is 31.6 Å². The van der Waals surface area contributed by atoms with E-state index >= 15 is 0 Å². The van der Waals surface area contributed by atoms with E-state index < -0.39 is 10.0 Å². The van der Waals surface area contributed by atoms with Crippen molar-refractivity contribution in [3.05, 3.63) is 28.2 Å². The number of hydrogen-bond acceptors (Lipinski definition) is 3. The molecule has 18 heavy (non-hydrogen) atoms. The van der Waals surface area contributed by atoms with Crippen molar-refractivity contribution in [2.24, 2.45) is 0 Å². The van der Waals surface area contributed by atoms with Gasteiger partial charge in [0.15, 0.2) is 0 Å². The lowest BCUT2D eigenvalue weighted by Gasteiger charge is -2.09. The van der Waals surface area contributed by atoms with Crippen LogP contribution < -0.4 is 10.0 Å². The van der Waals surface area contributed by atoms with Crippen LogP contribution in [0.3, 0.4) is 0 Å². The van der Waals surface area contributed by atoms with Crippen LogP contribution in [0.15, 0.2) is 22.7 Å². The van der Waals surface area contributed by atoms with Gasteiger partial charge in [-0.1, -0.05) is 22.9 Å². The molecule has 0 atom stereocenters. The van der Waals surface area contributed by atoms with Crippen LogP contribution in [0.2, 0.25) is 0 Å². The van der Waals surface area contributed by atoms with Gasteiger partial charge in [0.1, 0.15) is 0 Å². The van der Waals surface area contributed by atoms with E-state index in [2.05, 4.69) is 26.0 Å². The van der Waals surface area contributed by atoms with Crippen LogP contribution in [-0.4, -0.2) is 27.3 Å². The van der Waals surface area contributed by atoms with Crippen molar-refractivity contribution in [2.75, 3.05) is 23.6 Å². The van der Waals surface area contributed by atoms with Crippen LogP contribution in [0.1, 0.15) is 18.9 Å². The minimum atomic E-state index is -3.27. The van der Waals surface area contributed by atoms with Crippen molar-refractivity contribution in [1.29, 1.82) is 0 Å². The zero-order valence-corrected chi connectivity index (χ0v) is 13.1. The minimum Gasteiger partial charge on any atom is -0.316 e. The van der Waals surface area contributed by atoms with Gasteiger partial charge < -0.3 is 5.32 Å². The number of rotatable bonds is 7. The number of benzene rings is 1. The predicted octanol–water partition coefficient (Wildman–Crippen LogP) is 2.50. The molecule has 0 aromatic heterocycles. The van der Waals surface area contributed by atoms with E-state index in [1.807, 2.05) is 19.9 Å². The number of nitrogens with one attached hydrogen (secondary N) is 2. The van der Waals surface area contributed by atoms with E-state index in [9.17, 15) is 8.42 Å². The first-order valence-electron chi connectivity index (χ1n) is 5.92. The zero-order chi connectivity index (χ0) is 13.6. The maximum atomic E-state index is 11.8. The molecule has 6 heteroatoms. The second kappa shape index (κ2) is 7.11. The Morgan fingerprint density at radius 1 is 1.28 bits per heavy atom. The van der Waals surface area contributed by atoms with Crippen molar-refractivity contribution < 1.29 is 8.42 Å². The maximum absolute atomic E-state index is 11.8. The summed E-state index contributed by atoms with van der Waals surface area (Å²) in [6, 6.07) is 5.39. The summed E-state index contributed by atoms with van der Waals surface area (Å²) in [4.78, 5) is 0. The average Bonchev–Trinajstić information content (AvgIpc) is 2.29. The second-order valence-corrected chi connectivity index (χ2v) is 6.83. The van der Waals surface area contributed by atoms with E-state index in [0.29, 0.717) is 12.2 Å². The van der Waals surface area contributed by atoms with Crippen LogP contribution in [-0.2, 0) is 10.0 Å². The summed E-state index contributed by atoms with van der Waals surface area (Å²) in [7, 11) is -3.27. The van der Waals surface area contributed by atoms with Gasteiger partial charge in [-0.2, -0.15) is 0 Å². The molecule has 0 heterocycles. The Hall–Kier alpha value is -0.590. The molecule has 1 aromatic rings. The molecule has 1 rings (SSSR count). The standard InChI is InChI=1S/C12H19BrN2O2S/c1-3-6-14-7-8-18(16,17)15-11-4-5-12(13)10(2)9-11/h4-5,9,14-15H,3,6-8H2,1-2H3. The lowest BCUT2D eigenvalue weighted by Crippen LogP contribution is -2.27. The first-order chi connectivity index (χ1) is 8.44. The summed E-state index contributed by atoms with van der Waals surface area (Å²) in [5.41, 5.74) is 1.60. The van der Waals surface area contributed by atoms with Gasteiger partial charge in [-0.3, -0.25) is 4.72 Å². The lowest BCUT2D eigenvalue weighted by atomic mass is 10.2. The summed E-state index contributed by atoms with van der Waals surface area (Å²) in [5.74, 6) is 0.0854. The molecule has 0 saturated carbocycles. The lowest BCUT2D eigenvalue weighted by molar-refractivity contribution is 0.595. The Morgan fingerprint density at radius 3 is 2.61 bits per heavy atom. The summed E-state index contributed by atoms with van der Waals surface area (Å²) in [6.45, 7) is 5.28. The Bertz CT molecular complexity index is 489. The smallest absolute Gasteiger partial charge is 0.233 e. The molecule has 0 amide bonds. The highest BCUT2D eigenvalue weighted by Gasteiger charge is 2.10. The Morgan fingerprint density at radius 2 is 2.00 bits per heavy atom. The largest absolute Gasteiger partial charge is 0.316 e. The van der Waals surface area contributed by atoms with Gasteiger partial charge in [0.25, 0.3) is 0 Å². The third-order valence-corrected chi connectivity index (χ3v) is 4.58. The summed E-state index contributed by atoms with van der Waals surface area (Å²) < 4.78 is 27.1. The average molecular weight is 335 g/mol. The topological polar surface area (TPSA) is 58.2 Å². The highest BCUT2D eigenvalue weighted by molar-refractivity contribution is 9.10. The molecular weight excluding hydrogens is 316 g/mol. The van der Waals surface area contributed by atoms with Gasteiger partial charge in [0.05, 0.1) is 5.75 Å². The highest BCUT2D eigenvalue weighted by atomic mass is 79.9. The molecule has 0 aliphatic carbocycles. The molecule has 0 spiro atoms. The molecule has 0 saturated heterocycles. The Labute approximate surface area is 117 Å². The molecule has 0 fully saturated rings. The van der Waals surface area contributed by atoms with Crippen LogP contribution in [0.4, 0.5) is 5.69 Å². The summed E-state index contributed by atoms with van der Waals surface area (Å²) in [6.07, 6.45) is 0.999. The number of hydrogen-bond donors (Lipinski definition) is 2. The number of anilines is 1. The van der Waals surface area contributed by atoms with Gasteiger partial charge in [-0.15, -0.1) is 0 Å². The van der Waals surface area contributed by atoms with Crippen molar-refractivity contribution in [1.82, 2.24) is 5.32 Å². The Kier molecular flexibility index (Phi) is 6.11. The number of aryl methyl sites for hydroxylation is 1.